The van der Waals surface area contributed by atoms with Gasteiger partial charge in [0, 0.05) is 13.0 Å². The Morgan fingerprint density at radius 3 is 2.15 bits per heavy atom. The Kier molecular flexibility index (Phi) is 14.9. The largest absolute Gasteiger partial charge is 0.455 e. The van der Waals surface area contributed by atoms with Gasteiger partial charge >= 0.3 is 5.97 Å². The molecular weight excluding hydrogens is 496 g/mol. The first kappa shape index (κ1) is 31.5. The van der Waals surface area contributed by atoms with Crippen LogP contribution in [-0.2, 0) is 30.3 Å². The highest BCUT2D eigenvalue weighted by molar-refractivity contribution is 5.86. The first-order valence-corrected chi connectivity index (χ1v) is 13.2. The lowest BCUT2D eigenvalue weighted by atomic mass is 9.96. The van der Waals surface area contributed by atoms with Crippen LogP contribution in [0.3, 0.4) is 0 Å². The maximum Gasteiger partial charge on any atom is 0.310 e. The van der Waals surface area contributed by atoms with E-state index in [0.717, 1.165) is 11.1 Å². The predicted molar refractivity (Wildman–Crippen MR) is 151 cm³/mol. The van der Waals surface area contributed by atoms with Crippen molar-refractivity contribution in [3.05, 3.63) is 97.1 Å². The number of hydrogen-bond donors (Lipinski definition) is 3. The van der Waals surface area contributed by atoms with Crippen molar-refractivity contribution in [3.63, 3.8) is 0 Å². The van der Waals surface area contributed by atoms with E-state index in [-0.39, 0.29) is 57.1 Å². The summed E-state index contributed by atoms with van der Waals surface area (Å²) < 4.78 is 11.1. The van der Waals surface area contributed by atoms with Crippen LogP contribution in [0.4, 0.5) is 0 Å². The lowest BCUT2D eigenvalue weighted by molar-refractivity contribution is -0.154. The zero-order valence-electron chi connectivity index (χ0n) is 22.4. The molecule has 0 saturated heterocycles. The van der Waals surface area contributed by atoms with Crippen LogP contribution in [0.25, 0.3) is 0 Å². The molecule has 0 aliphatic carbocycles. The Bertz CT molecular complexity index is 1030. The number of aliphatic hydroxyl groups is 1. The number of carbonyl (C=O) groups is 3. The van der Waals surface area contributed by atoms with Gasteiger partial charge in [-0.2, -0.15) is 0 Å². The molecule has 0 heterocycles. The summed E-state index contributed by atoms with van der Waals surface area (Å²) in [6.45, 7) is 8.22. The second-order valence-electron chi connectivity index (χ2n) is 9.10. The van der Waals surface area contributed by atoms with Crippen LogP contribution in [0, 0.1) is 11.8 Å². The van der Waals surface area contributed by atoms with Crippen LogP contribution in [0.1, 0.15) is 36.5 Å². The summed E-state index contributed by atoms with van der Waals surface area (Å²) in [5.41, 5.74) is 1.78. The van der Waals surface area contributed by atoms with Gasteiger partial charge in [-0.15, -0.1) is 13.2 Å². The summed E-state index contributed by atoms with van der Waals surface area (Å²) in [6, 6.07) is 19.0. The third-order valence-electron chi connectivity index (χ3n) is 6.06. The molecule has 210 valence electrons. The van der Waals surface area contributed by atoms with E-state index in [4.69, 9.17) is 14.6 Å². The van der Waals surface area contributed by atoms with Crippen molar-refractivity contribution in [3.8, 4) is 0 Å². The van der Waals surface area contributed by atoms with Gasteiger partial charge in [-0.1, -0.05) is 72.8 Å². The summed E-state index contributed by atoms with van der Waals surface area (Å²) in [7, 11) is 0. The molecule has 2 amide bonds. The first-order chi connectivity index (χ1) is 19.0. The number of rotatable bonds is 19. The maximum absolute atomic E-state index is 13.2. The van der Waals surface area contributed by atoms with E-state index in [1.807, 2.05) is 60.7 Å². The highest BCUT2D eigenvalue weighted by Gasteiger charge is 2.26. The van der Waals surface area contributed by atoms with Gasteiger partial charge in [-0.25, -0.2) is 0 Å². The van der Waals surface area contributed by atoms with Crippen LogP contribution in [0.2, 0.25) is 0 Å². The molecule has 3 atom stereocenters. The molecule has 0 aliphatic rings. The topological polar surface area (TPSA) is 114 Å². The van der Waals surface area contributed by atoms with Crippen molar-refractivity contribution < 1.29 is 29.0 Å². The molecule has 0 fully saturated rings. The van der Waals surface area contributed by atoms with Crippen molar-refractivity contribution in [1.29, 1.82) is 0 Å². The van der Waals surface area contributed by atoms with E-state index in [1.165, 1.54) is 0 Å². The number of allylic oxidation sites excluding steroid dienone is 2. The average Bonchev–Trinajstić information content (AvgIpc) is 2.95. The quantitative estimate of drug-likeness (QED) is 0.144. The minimum atomic E-state index is -0.701. The van der Waals surface area contributed by atoms with Crippen LogP contribution in [-0.4, -0.2) is 55.8 Å². The zero-order chi connectivity index (χ0) is 28.3. The molecule has 2 aromatic rings. The van der Waals surface area contributed by atoms with Gasteiger partial charge in [0.05, 0.1) is 38.2 Å². The Morgan fingerprint density at radius 1 is 0.872 bits per heavy atom. The van der Waals surface area contributed by atoms with Crippen molar-refractivity contribution in [2.24, 2.45) is 11.8 Å². The third-order valence-corrected chi connectivity index (χ3v) is 6.06. The number of amides is 2. The smallest absolute Gasteiger partial charge is 0.310 e. The van der Waals surface area contributed by atoms with Crippen molar-refractivity contribution in [1.82, 2.24) is 10.6 Å². The number of carbonyl (C=O) groups excluding carboxylic acids is 3. The van der Waals surface area contributed by atoms with Gasteiger partial charge in [0.25, 0.3) is 0 Å². The zero-order valence-corrected chi connectivity index (χ0v) is 22.4. The van der Waals surface area contributed by atoms with Crippen LogP contribution >= 0.6 is 0 Å². The molecule has 8 nitrogen and oxygen atoms in total. The summed E-state index contributed by atoms with van der Waals surface area (Å²) in [5, 5.41) is 14.3. The first-order valence-electron chi connectivity index (χ1n) is 13.2. The van der Waals surface area contributed by atoms with E-state index in [9.17, 15) is 14.4 Å². The maximum atomic E-state index is 13.2. The molecule has 0 bridgehead atoms. The Labute approximate surface area is 231 Å². The number of nitrogens with one attached hydrogen (secondary N) is 2. The number of benzene rings is 2. The van der Waals surface area contributed by atoms with Crippen LogP contribution < -0.4 is 10.6 Å². The molecule has 0 saturated carbocycles. The van der Waals surface area contributed by atoms with Crippen LogP contribution in [0.15, 0.2) is 86.0 Å². The van der Waals surface area contributed by atoms with E-state index < -0.39 is 17.9 Å². The van der Waals surface area contributed by atoms with Crippen molar-refractivity contribution in [2.45, 2.75) is 31.8 Å². The minimum absolute atomic E-state index is 0.0217. The lowest BCUT2D eigenvalue weighted by Gasteiger charge is -2.23. The predicted octanol–water partition coefficient (Wildman–Crippen LogP) is 3.53. The van der Waals surface area contributed by atoms with Gasteiger partial charge in [0.1, 0.15) is 6.10 Å². The van der Waals surface area contributed by atoms with Gasteiger partial charge < -0.3 is 25.2 Å². The van der Waals surface area contributed by atoms with E-state index in [2.05, 4.69) is 23.8 Å². The molecule has 3 N–H and O–H groups in total. The molecule has 0 aliphatic heterocycles. The monoisotopic (exact) mass is 536 g/mol. The number of hydrogen-bond acceptors (Lipinski definition) is 6. The van der Waals surface area contributed by atoms with Crippen LogP contribution in [0.5, 0.6) is 0 Å². The van der Waals surface area contributed by atoms with Gasteiger partial charge in [-0.05, 0) is 30.4 Å². The summed E-state index contributed by atoms with van der Waals surface area (Å²) in [4.78, 5) is 38.6. The summed E-state index contributed by atoms with van der Waals surface area (Å²) >= 11 is 0. The number of esters is 1. The van der Waals surface area contributed by atoms with E-state index in [1.54, 1.807) is 12.2 Å². The average molecular weight is 537 g/mol. The second kappa shape index (κ2) is 18.5. The normalized spacial score (nSPS) is 12.9. The van der Waals surface area contributed by atoms with Gasteiger partial charge in [0.2, 0.25) is 11.8 Å². The fourth-order valence-electron chi connectivity index (χ4n) is 4.04. The fourth-order valence-corrected chi connectivity index (χ4v) is 4.04. The highest BCUT2D eigenvalue weighted by atomic mass is 16.5. The summed E-state index contributed by atoms with van der Waals surface area (Å²) in [5.74, 6) is -2.02. The lowest BCUT2D eigenvalue weighted by Crippen LogP contribution is -2.38. The molecule has 0 radical (unpaired) electrons. The molecule has 0 aromatic heterocycles. The highest BCUT2D eigenvalue weighted by Crippen LogP contribution is 2.22. The Balaban J connectivity index is 2.03. The molecular formula is C31H40N2O6. The fraction of sp³-hybridized carbons (Fsp3) is 0.387. The third kappa shape index (κ3) is 12.1. The number of ether oxygens (including phenoxy) is 2. The number of aliphatic hydroxyl groups excluding tert-OH is 1. The molecule has 2 aromatic carbocycles. The van der Waals surface area contributed by atoms with Crippen molar-refractivity contribution >= 4 is 17.8 Å². The van der Waals surface area contributed by atoms with Gasteiger partial charge in [-0.3, -0.25) is 14.4 Å². The Hall–Kier alpha value is -3.75. The molecule has 0 spiro atoms. The molecule has 39 heavy (non-hydrogen) atoms. The molecule has 2 rings (SSSR count). The summed E-state index contributed by atoms with van der Waals surface area (Å²) in [6.07, 6.45) is 3.87. The Morgan fingerprint density at radius 2 is 1.51 bits per heavy atom. The molecule has 0 unspecified atom stereocenters. The SMILES string of the molecule is C=CC[C@@H](CC(=O)NCCOCCO)C(=O)NC[C@@H](OC(=O)[C@H](CC=C)Cc1ccccc1)c1ccccc1. The van der Waals surface area contributed by atoms with Gasteiger partial charge in [0.15, 0.2) is 0 Å². The second-order valence-corrected chi connectivity index (χ2v) is 9.10. The van der Waals surface area contributed by atoms with E-state index in [0.29, 0.717) is 19.3 Å². The van der Waals surface area contributed by atoms with Crippen molar-refractivity contribution in [2.75, 3.05) is 32.9 Å². The van der Waals surface area contributed by atoms with E-state index >= 15 is 0 Å². The molecule has 8 heteroatoms. The minimum Gasteiger partial charge on any atom is -0.455 e. The standard InChI is InChI=1S/C31H40N2O6/c1-3-11-26(22-29(35)32-17-19-38-20-18-34)30(36)33-23-28(25-15-9-6-10-16-25)39-31(37)27(12-4-2)21-24-13-7-5-8-14-24/h3-10,13-16,26-28,34H,1-2,11-12,17-23H2,(H,32,35)(H,33,36)/t26-,27+,28+/m0/s1.